The molecule has 2 amide bonds. The summed E-state index contributed by atoms with van der Waals surface area (Å²) < 4.78 is 24.9. The van der Waals surface area contributed by atoms with Crippen LogP contribution in [0.3, 0.4) is 0 Å². The number of carbonyl (C=O) groups is 2. The fraction of sp³-hybridized carbons (Fsp3) is 0.364. The van der Waals surface area contributed by atoms with Gasteiger partial charge in [-0.1, -0.05) is 48.5 Å². The van der Waals surface area contributed by atoms with Gasteiger partial charge < -0.3 is 10.6 Å². The Kier molecular flexibility index (Phi) is 9.01. The van der Waals surface area contributed by atoms with E-state index < -0.39 is 16.1 Å². The van der Waals surface area contributed by atoms with Crippen molar-refractivity contribution >= 4 is 21.8 Å². The number of carbonyl (C=O) groups excluding carboxylic acids is 2. The molecule has 0 saturated heterocycles. The molecule has 0 aliphatic rings. The highest BCUT2D eigenvalue weighted by molar-refractivity contribution is 7.89. The Morgan fingerprint density at radius 2 is 1.60 bits per heavy atom. The molecule has 0 aliphatic heterocycles. The van der Waals surface area contributed by atoms with Crippen molar-refractivity contribution < 1.29 is 18.0 Å². The lowest BCUT2D eigenvalue weighted by atomic mass is 10.0. The maximum absolute atomic E-state index is 12.8. The summed E-state index contributed by atoms with van der Waals surface area (Å²) in [5, 5.41) is 5.62. The lowest BCUT2D eigenvalue weighted by molar-refractivity contribution is -0.122. The van der Waals surface area contributed by atoms with Crippen LogP contribution in [0.5, 0.6) is 0 Å². The molecule has 0 spiro atoms. The zero-order chi connectivity index (χ0) is 22.0. The van der Waals surface area contributed by atoms with Gasteiger partial charge in [0.1, 0.15) is 6.04 Å². The van der Waals surface area contributed by atoms with E-state index in [0.29, 0.717) is 31.5 Å². The Balaban J connectivity index is 1.97. The molecule has 2 aromatic rings. The average Bonchev–Trinajstić information content (AvgIpc) is 2.77. The van der Waals surface area contributed by atoms with Crippen LogP contribution in [0, 0.1) is 0 Å². The Bertz CT molecular complexity index is 918. The van der Waals surface area contributed by atoms with Gasteiger partial charge in [-0.3, -0.25) is 9.59 Å². The normalized spacial score (nSPS) is 12.4. The molecule has 2 N–H and O–H groups in total. The first kappa shape index (κ1) is 23.6. The molecule has 0 radical (unpaired) electrons. The number of nitrogens with zero attached hydrogens (tertiary/aromatic N) is 1. The second kappa shape index (κ2) is 11.5. The third-order valence-corrected chi connectivity index (χ3v) is 6.59. The van der Waals surface area contributed by atoms with E-state index in [9.17, 15) is 18.0 Å². The van der Waals surface area contributed by atoms with Gasteiger partial charge in [-0.05, 0) is 31.0 Å². The van der Waals surface area contributed by atoms with Crippen LogP contribution in [0.25, 0.3) is 0 Å². The van der Waals surface area contributed by atoms with E-state index >= 15 is 0 Å². The summed E-state index contributed by atoms with van der Waals surface area (Å²) in [5.41, 5.74) is 1.41. The Morgan fingerprint density at radius 1 is 1.00 bits per heavy atom. The molecule has 0 bridgehead atoms. The second-order valence-electron chi connectivity index (χ2n) is 6.95. The summed E-state index contributed by atoms with van der Waals surface area (Å²) >= 11 is 0. The first-order valence-corrected chi connectivity index (χ1v) is 11.6. The quantitative estimate of drug-likeness (QED) is 0.531. The van der Waals surface area contributed by atoms with Crippen LogP contribution in [0.4, 0.5) is 0 Å². The lowest BCUT2D eigenvalue weighted by Gasteiger charge is -2.20. The van der Waals surface area contributed by atoms with Crippen molar-refractivity contribution in [3.8, 4) is 0 Å². The Hall–Kier alpha value is -2.71. The van der Waals surface area contributed by atoms with E-state index in [1.165, 1.54) is 11.4 Å². The zero-order valence-corrected chi connectivity index (χ0v) is 18.2. The van der Waals surface area contributed by atoms with Gasteiger partial charge >= 0.3 is 0 Å². The molecular formula is C22H29N3O4S. The molecule has 0 fully saturated rings. The zero-order valence-electron chi connectivity index (χ0n) is 17.4. The maximum atomic E-state index is 12.8. The number of rotatable bonds is 11. The largest absolute Gasteiger partial charge is 0.354 e. The molecule has 8 heteroatoms. The fourth-order valence-electron chi connectivity index (χ4n) is 2.89. The van der Waals surface area contributed by atoms with E-state index in [2.05, 4.69) is 10.6 Å². The summed E-state index contributed by atoms with van der Waals surface area (Å²) in [5.74, 6) is -0.579. The summed E-state index contributed by atoms with van der Waals surface area (Å²) in [6, 6.07) is 17.5. The standard InChI is InChI=1S/C22H29N3O4S/c1-3-30(28,29)25(2)16-10-15-23-22(27)20(17-18-11-6-4-7-12-18)24-21(26)19-13-8-5-9-14-19/h4-9,11-14,20H,3,10,15-17H2,1-2H3,(H,23,27)(H,24,26)/t20-/m0/s1. The molecule has 0 aliphatic carbocycles. The second-order valence-corrected chi connectivity index (χ2v) is 9.31. The SMILES string of the molecule is CCS(=O)(=O)N(C)CCCNC(=O)[C@H](Cc1ccccc1)NC(=O)c1ccccc1. The topological polar surface area (TPSA) is 95.6 Å². The van der Waals surface area contributed by atoms with Crippen LogP contribution in [0.2, 0.25) is 0 Å². The number of hydrogen-bond donors (Lipinski definition) is 2. The predicted octanol–water partition coefficient (Wildman–Crippen LogP) is 1.82. The summed E-state index contributed by atoms with van der Waals surface area (Å²) in [6.07, 6.45) is 0.835. The minimum absolute atomic E-state index is 0.0422. The molecule has 0 aromatic heterocycles. The van der Waals surface area contributed by atoms with Crippen molar-refractivity contribution in [2.75, 3.05) is 25.9 Å². The van der Waals surface area contributed by atoms with Crippen LogP contribution in [0.1, 0.15) is 29.3 Å². The van der Waals surface area contributed by atoms with Crippen molar-refractivity contribution in [3.05, 3.63) is 71.8 Å². The third kappa shape index (κ3) is 7.27. The molecule has 0 unspecified atom stereocenters. The van der Waals surface area contributed by atoms with Crippen molar-refractivity contribution in [2.24, 2.45) is 0 Å². The van der Waals surface area contributed by atoms with Crippen LogP contribution in [-0.2, 0) is 21.2 Å². The van der Waals surface area contributed by atoms with E-state index in [-0.39, 0.29) is 17.6 Å². The van der Waals surface area contributed by atoms with Gasteiger partial charge in [0.25, 0.3) is 5.91 Å². The van der Waals surface area contributed by atoms with E-state index in [1.54, 1.807) is 31.2 Å². The van der Waals surface area contributed by atoms with Gasteiger partial charge in [-0.2, -0.15) is 0 Å². The van der Waals surface area contributed by atoms with Gasteiger partial charge in [-0.25, -0.2) is 12.7 Å². The van der Waals surface area contributed by atoms with Gasteiger partial charge in [0, 0.05) is 32.1 Å². The maximum Gasteiger partial charge on any atom is 0.251 e. The van der Waals surface area contributed by atoms with Gasteiger partial charge in [-0.15, -0.1) is 0 Å². The molecule has 1 atom stereocenters. The average molecular weight is 432 g/mol. The minimum atomic E-state index is -3.24. The van der Waals surface area contributed by atoms with Crippen LogP contribution in [0.15, 0.2) is 60.7 Å². The molecule has 30 heavy (non-hydrogen) atoms. The molecule has 0 heterocycles. The summed E-state index contributed by atoms with van der Waals surface area (Å²) in [7, 11) is -1.71. The lowest BCUT2D eigenvalue weighted by Crippen LogP contribution is -2.48. The number of sulfonamides is 1. The fourth-order valence-corrected chi connectivity index (χ4v) is 3.73. The van der Waals surface area contributed by atoms with Crippen molar-refractivity contribution in [1.29, 1.82) is 0 Å². The highest BCUT2D eigenvalue weighted by Crippen LogP contribution is 2.06. The number of amides is 2. The van der Waals surface area contributed by atoms with Gasteiger partial charge in [0.05, 0.1) is 5.75 Å². The molecule has 0 saturated carbocycles. The monoisotopic (exact) mass is 431 g/mol. The highest BCUT2D eigenvalue weighted by Gasteiger charge is 2.22. The van der Waals surface area contributed by atoms with Crippen LogP contribution in [-0.4, -0.2) is 56.5 Å². The molecule has 2 rings (SSSR count). The summed E-state index contributed by atoms with van der Waals surface area (Å²) in [4.78, 5) is 25.3. The highest BCUT2D eigenvalue weighted by atomic mass is 32.2. The molecule has 162 valence electrons. The van der Waals surface area contributed by atoms with Crippen LogP contribution >= 0.6 is 0 Å². The van der Waals surface area contributed by atoms with E-state index in [1.807, 2.05) is 36.4 Å². The first-order chi connectivity index (χ1) is 14.3. The van der Waals surface area contributed by atoms with Gasteiger partial charge in [0.15, 0.2) is 0 Å². The Labute approximate surface area is 178 Å². The number of nitrogens with one attached hydrogen (secondary N) is 2. The third-order valence-electron chi connectivity index (χ3n) is 4.73. The number of hydrogen-bond acceptors (Lipinski definition) is 4. The smallest absolute Gasteiger partial charge is 0.251 e. The minimum Gasteiger partial charge on any atom is -0.354 e. The van der Waals surface area contributed by atoms with E-state index in [0.717, 1.165) is 5.56 Å². The first-order valence-electron chi connectivity index (χ1n) is 9.95. The van der Waals surface area contributed by atoms with Crippen molar-refractivity contribution in [3.63, 3.8) is 0 Å². The van der Waals surface area contributed by atoms with Crippen molar-refractivity contribution in [2.45, 2.75) is 25.8 Å². The Morgan fingerprint density at radius 3 is 2.20 bits per heavy atom. The van der Waals surface area contributed by atoms with E-state index in [4.69, 9.17) is 0 Å². The number of benzene rings is 2. The predicted molar refractivity (Wildman–Crippen MR) is 118 cm³/mol. The molecule has 7 nitrogen and oxygen atoms in total. The van der Waals surface area contributed by atoms with Crippen molar-refractivity contribution in [1.82, 2.24) is 14.9 Å². The molecular weight excluding hydrogens is 402 g/mol. The van der Waals surface area contributed by atoms with Gasteiger partial charge in [0.2, 0.25) is 15.9 Å². The van der Waals surface area contributed by atoms with Crippen LogP contribution < -0.4 is 10.6 Å². The summed E-state index contributed by atoms with van der Waals surface area (Å²) in [6.45, 7) is 2.22. The molecule has 2 aromatic carbocycles.